The highest BCUT2D eigenvalue weighted by Gasteiger charge is 2.25. The maximum absolute atomic E-state index is 13.0. The molecule has 35 heavy (non-hydrogen) atoms. The van der Waals surface area contributed by atoms with Gasteiger partial charge < -0.3 is 9.42 Å². The Morgan fingerprint density at radius 3 is 2.60 bits per heavy atom. The van der Waals surface area contributed by atoms with E-state index in [-0.39, 0.29) is 11.6 Å². The Balaban J connectivity index is 1.17. The van der Waals surface area contributed by atoms with E-state index >= 15 is 0 Å². The van der Waals surface area contributed by atoms with Crippen molar-refractivity contribution in [1.29, 1.82) is 0 Å². The lowest BCUT2D eigenvalue weighted by Gasteiger charge is -2.33. The summed E-state index contributed by atoms with van der Waals surface area (Å²) in [5.74, 6) is 0.928. The fraction of sp³-hybridized carbons (Fsp3) is 0.250. The molecule has 178 valence electrons. The number of carbonyl (C=O) groups is 1. The van der Waals surface area contributed by atoms with Crippen molar-refractivity contribution in [2.24, 2.45) is 0 Å². The second kappa shape index (κ2) is 9.47. The van der Waals surface area contributed by atoms with Crippen LogP contribution in [-0.2, 0) is 6.54 Å². The quantitative estimate of drug-likeness (QED) is 0.309. The number of hydrogen-bond acceptors (Lipinski definition) is 8. The molecule has 0 bridgehead atoms. The maximum atomic E-state index is 13.0. The van der Waals surface area contributed by atoms with Crippen LogP contribution < -0.4 is 0 Å². The predicted octanol–water partition coefficient (Wildman–Crippen LogP) is 3.10. The van der Waals surface area contributed by atoms with Crippen LogP contribution in [0.2, 0.25) is 0 Å². The average molecular weight is 473 g/mol. The van der Waals surface area contributed by atoms with Gasteiger partial charge in [0.05, 0.1) is 17.2 Å². The average Bonchev–Trinajstić information content (AvgIpc) is 3.55. The molecule has 1 fully saturated rings. The van der Waals surface area contributed by atoms with E-state index in [4.69, 9.17) is 4.52 Å². The molecular weight excluding hydrogens is 450 g/mol. The van der Waals surface area contributed by atoms with Crippen molar-refractivity contribution in [2.45, 2.75) is 13.5 Å². The molecule has 0 unspecified atom stereocenters. The van der Waals surface area contributed by atoms with E-state index in [0.29, 0.717) is 55.8 Å². The molecule has 5 rings (SSSR count). The van der Waals surface area contributed by atoms with Crippen LogP contribution in [0.15, 0.2) is 65.3 Å². The smallest absolute Gasteiger partial charge is 0.274 e. The van der Waals surface area contributed by atoms with E-state index < -0.39 is 4.92 Å². The molecule has 0 saturated carbocycles. The summed E-state index contributed by atoms with van der Waals surface area (Å²) in [5.41, 5.74) is 2.86. The van der Waals surface area contributed by atoms with Crippen molar-refractivity contribution >= 4 is 11.6 Å². The lowest BCUT2D eigenvalue weighted by atomic mass is 10.1. The molecule has 2 aromatic carbocycles. The van der Waals surface area contributed by atoms with Crippen LogP contribution in [-0.4, -0.2) is 66.7 Å². The van der Waals surface area contributed by atoms with Gasteiger partial charge in [0, 0.05) is 50.1 Å². The number of aromatic nitrogens is 4. The molecule has 3 heterocycles. The minimum Gasteiger partial charge on any atom is -0.338 e. The molecule has 1 amide bonds. The molecule has 1 saturated heterocycles. The van der Waals surface area contributed by atoms with Crippen molar-refractivity contribution in [3.05, 3.63) is 88.1 Å². The monoisotopic (exact) mass is 473 g/mol. The van der Waals surface area contributed by atoms with Crippen LogP contribution in [0.25, 0.3) is 17.1 Å². The SMILES string of the molecule is Cc1ccc(-c2noc(CN3CCN(C(=O)c4ccn(-c5cccc([N+](=O)[O-])c5)n4)CC3)n2)cc1. The minimum atomic E-state index is -0.462. The molecule has 4 aromatic rings. The van der Waals surface area contributed by atoms with Gasteiger partial charge in [-0.1, -0.05) is 41.1 Å². The van der Waals surface area contributed by atoms with E-state index in [9.17, 15) is 14.9 Å². The van der Waals surface area contributed by atoms with Crippen molar-refractivity contribution in [3.8, 4) is 17.1 Å². The van der Waals surface area contributed by atoms with Gasteiger partial charge in [-0.15, -0.1) is 0 Å². The largest absolute Gasteiger partial charge is 0.338 e. The molecule has 0 radical (unpaired) electrons. The van der Waals surface area contributed by atoms with Crippen molar-refractivity contribution in [2.75, 3.05) is 26.2 Å². The number of nitro groups is 1. The molecule has 0 aliphatic carbocycles. The summed E-state index contributed by atoms with van der Waals surface area (Å²) in [7, 11) is 0. The van der Waals surface area contributed by atoms with Crippen LogP contribution in [0.1, 0.15) is 21.9 Å². The van der Waals surface area contributed by atoms with E-state index in [0.717, 1.165) is 5.56 Å². The van der Waals surface area contributed by atoms with E-state index in [1.165, 1.54) is 22.4 Å². The summed E-state index contributed by atoms with van der Waals surface area (Å²) < 4.78 is 6.90. The number of piperazine rings is 1. The zero-order valence-corrected chi connectivity index (χ0v) is 19.1. The number of nitro benzene ring substituents is 1. The Morgan fingerprint density at radius 1 is 1.09 bits per heavy atom. The number of aryl methyl sites for hydroxylation is 1. The number of benzene rings is 2. The molecule has 1 aliphatic heterocycles. The number of rotatable bonds is 6. The van der Waals surface area contributed by atoms with E-state index in [2.05, 4.69) is 20.1 Å². The van der Waals surface area contributed by atoms with Gasteiger partial charge in [0.1, 0.15) is 0 Å². The van der Waals surface area contributed by atoms with Gasteiger partial charge in [-0.2, -0.15) is 10.1 Å². The highest BCUT2D eigenvalue weighted by atomic mass is 16.6. The van der Waals surface area contributed by atoms with Gasteiger partial charge in [-0.05, 0) is 19.1 Å². The second-order valence-electron chi connectivity index (χ2n) is 8.37. The first kappa shape index (κ1) is 22.4. The first-order valence-electron chi connectivity index (χ1n) is 11.2. The lowest BCUT2D eigenvalue weighted by molar-refractivity contribution is -0.384. The van der Waals surface area contributed by atoms with Crippen molar-refractivity contribution < 1.29 is 14.2 Å². The Morgan fingerprint density at radius 2 is 1.86 bits per heavy atom. The van der Waals surface area contributed by atoms with Crippen LogP contribution in [0.3, 0.4) is 0 Å². The molecular formula is C24H23N7O4. The first-order valence-corrected chi connectivity index (χ1v) is 11.2. The van der Waals surface area contributed by atoms with Gasteiger partial charge in [0.15, 0.2) is 5.69 Å². The van der Waals surface area contributed by atoms with Gasteiger partial charge in [0.25, 0.3) is 11.6 Å². The fourth-order valence-corrected chi connectivity index (χ4v) is 3.93. The highest BCUT2D eigenvalue weighted by Crippen LogP contribution is 2.19. The Bertz CT molecular complexity index is 1350. The highest BCUT2D eigenvalue weighted by molar-refractivity contribution is 5.92. The summed E-state index contributed by atoms with van der Waals surface area (Å²) >= 11 is 0. The predicted molar refractivity (Wildman–Crippen MR) is 126 cm³/mol. The normalized spacial score (nSPS) is 14.3. The zero-order valence-electron chi connectivity index (χ0n) is 19.1. The number of nitrogens with zero attached hydrogens (tertiary/aromatic N) is 7. The third-order valence-corrected chi connectivity index (χ3v) is 5.91. The summed E-state index contributed by atoms with van der Waals surface area (Å²) in [6, 6.07) is 15.7. The molecule has 1 aliphatic rings. The van der Waals surface area contributed by atoms with Crippen molar-refractivity contribution in [3.63, 3.8) is 0 Å². The third kappa shape index (κ3) is 4.94. The Hall–Kier alpha value is -4.38. The maximum Gasteiger partial charge on any atom is 0.274 e. The molecule has 11 heteroatoms. The van der Waals surface area contributed by atoms with Gasteiger partial charge in [0.2, 0.25) is 11.7 Å². The van der Waals surface area contributed by atoms with E-state index in [1.54, 1.807) is 29.3 Å². The molecule has 11 nitrogen and oxygen atoms in total. The number of amides is 1. The first-order chi connectivity index (χ1) is 17.0. The topological polar surface area (TPSA) is 123 Å². The van der Waals surface area contributed by atoms with Crippen LogP contribution in [0.4, 0.5) is 5.69 Å². The number of hydrogen-bond donors (Lipinski definition) is 0. The summed E-state index contributed by atoms with van der Waals surface area (Å²) in [6.07, 6.45) is 1.63. The third-order valence-electron chi connectivity index (χ3n) is 5.91. The standard InChI is InChI=1S/C24H23N7O4/c1-17-5-7-18(8-6-17)23-25-22(35-27-23)16-28-11-13-29(14-12-28)24(32)21-9-10-30(26-21)19-3-2-4-20(15-19)31(33)34/h2-10,15H,11-14,16H2,1H3. The number of non-ortho nitro benzene ring substituents is 1. The van der Waals surface area contributed by atoms with Gasteiger partial charge in [-0.3, -0.25) is 19.8 Å². The Kier molecular flexibility index (Phi) is 6.06. The fourth-order valence-electron chi connectivity index (χ4n) is 3.93. The molecule has 0 N–H and O–H groups in total. The summed E-state index contributed by atoms with van der Waals surface area (Å²) in [4.78, 5) is 31.9. The van der Waals surface area contributed by atoms with Gasteiger partial charge >= 0.3 is 0 Å². The zero-order chi connectivity index (χ0) is 24.4. The molecule has 2 aromatic heterocycles. The van der Waals surface area contributed by atoms with Crippen molar-refractivity contribution in [1.82, 2.24) is 29.7 Å². The second-order valence-corrected chi connectivity index (χ2v) is 8.37. The number of carbonyl (C=O) groups excluding carboxylic acids is 1. The molecule has 0 spiro atoms. The van der Waals surface area contributed by atoms with E-state index in [1.807, 2.05) is 31.2 Å². The minimum absolute atomic E-state index is 0.0331. The van der Waals surface area contributed by atoms with Crippen LogP contribution >= 0.6 is 0 Å². The van der Waals surface area contributed by atoms with Crippen LogP contribution in [0, 0.1) is 17.0 Å². The summed E-state index contributed by atoms with van der Waals surface area (Å²) in [6.45, 7) is 4.96. The molecule has 0 atom stereocenters. The summed E-state index contributed by atoms with van der Waals surface area (Å²) in [5, 5.41) is 19.4. The lowest BCUT2D eigenvalue weighted by Crippen LogP contribution is -2.48. The van der Waals surface area contributed by atoms with Gasteiger partial charge in [-0.25, -0.2) is 4.68 Å². The van der Waals surface area contributed by atoms with Crippen LogP contribution in [0.5, 0.6) is 0 Å². The Labute approximate surface area is 200 Å².